The lowest BCUT2D eigenvalue weighted by atomic mass is 10.2. The molecule has 1 rings (SSSR count). The Bertz CT molecular complexity index is 458. The molecule has 0 spiro atoms. The number of rotatable bonds is 6. The van der Waals surface area contributed by atoms with Crippen LogP contribution in [0.3, 0.4) is 0 Å². The van der Waals surface area contributed by atoms with E-state index in [9.17, 15) is 9.59 Å². The van der Waals surface area contributed by atoms with Gasteiger partial charge in [-0.05, 0) is 6.07 Å². The summed E-state index contributed by atoms with van der Waals surface area (Å²) in [7, 11) is 0. The first-order valence-corrected chi connectivity index (χ1v) is 5.29. The van der Waals surface area contributed by atoms with Gasteiger partial charge in [0.2, 0.25) is 5.91 Å². The van der Waals surface area contributed by atoms with Gasteiger partial charge in [-0.3, -0.25) is 15.0 Å². The number of ether oxygens (including phenoxy) is 1. The van der Waals surface area contributed by atoms with E-state index in [0.717, 1.165) is 5.56 Å². The molecule has 0 aliphatic rings. The van der Waals surface area contributed by atoms with Gasteiger partial charge in [0.25, 0.3) is 5.91 Å². The van der Waals surface area contributed by atoms with Gasteiger partial charge in [0.15, 0.2) is 6.61 Å². The molecule has 0 aliphatic heterocycles. The van der Waals surface area contributed by atoms with Gasteiger partial charge in [0, 0.05) is 12.0 Å². The van der Waals surface area contributed by atoms with Gasteiger partial charge in [-0.15, -0.1) is 0 Å². The molecule has 0 unspecified atom stereocenters. The summed E-state index contributed by atoms with van der Waals surface area (Å²) in [6.45, 7) is -0.169. The number of amides is 2. The molecular formula is C12H15N3O3. The van der Waals surface area contributed by atoms with Crippen LogP contribution in [0.15, 0.2) is 30.3 Å². The van der Waals surface area contributed by atoms with E-state index in [2.05, 4.69) is 0 Å². The second kappa shape index (κ2) is 7.08. The molecule has 0 aromatic heterocycles. The zero-order chi connectivity index (χ0) is 13.4. The number of hydrazine groups is 1. The van der Waals surface area contributed by atoms with Crippen LogP contribution in [0.25, 0.3) is 6.08 Å². The number of para-hydroxylation sites is 1. The molecule has 0 saturated heterocycles. The van der Waals surface area contributed by atoms with Gasteiger partial charge in [0.05, 0.1) is 0 Å². The monoisotopic (exact) mass is 249 g/mol. The maximum atomic E-state index is 11.0. The van der Waals surface area contributed by atoms with Crippen molar-refractivity contribution >= 4 is 17.9 Å². The van der Waals surface area contributed by atoms with Crippen molar-refractivity contribution in [1.82, 2.24) is 5.43 Å². The van der Waals surface area contributed by atoms with Crippen LogP contribution in [0.2, 0.25) is 0 Å². The average Bonchev–Trinajstić information content (AvgIpc) is 2.36. The summed E-state index contributed by atoms with van der Waals surface area (Å²) < 4.78 is 5.29. The largest absolute Gasteiger partial charge is 0.483 e. The van der Waals surface area contributed by atoms with Crippen LogP contribution in [0.4, 0.5) is 0 Å². The molecule has 1 aromatic rings. The highest BCUT2D eigenvalue weighted by atomic mass is 16.5. The lowest BCUT2D eigenvalue weighted by Gasteiger charge is -2.07. The van der Waals surface area contributed by atoms with Crippen molar-refractivity contribution in [3.05, 3.63) is 35.9 Å². The molecule has 0 heterocycles. The summed E-state index contributed by atoms with van der Waals surface area (Å²) in [5.41, 5.74) is 7.75. The quantitative estimate of drug-likeness (QED) is 0.373. The molecule has 18 heavy (non-hydrogen) atoms. The number of hydrogen-bond donors (Lipinski definition) is 3. The van der Waals surface area contributed by atoms with Crippen molar-refractivity contribution in [2.45, 2.75) is 6.42 Å². The predicted octanol–water partition coefficient (Wildman–Crippen LogP) is -0.0561. The van der Waals surface area contributed by atoms with Crippen molar-refractivity contribution < 1.29 is 14.3 Å². The molecule has 0 radical (unpaired) electrons. The fourth-order valence-corrected chi connectivity index (χ4v) is 1.24. The van der Waals surface area contributed by atoms with Crippen molar-refractivity contribution in [3.8, 4) is 5.75 Å². The van der Waals surface area contributed by atoms with E-state index in [0.29, 0.717) is 5.75 Å². The zero-order valence-corrected chi connectivity index (χ0v) is 9.76. The van der Waals surface area contributed by atoms with Crippen LogP contribution in [-0.2, 0) is 9.59 Å². The smallest absolute Gasteiger partial charge is 0.271 e. The van der Waals surface area contributed by atoms with Crippen molar-refractivity contribution in [1.29, 1.82) is 0 Å². The minimum Gasteiger partial charge on any atom is -0.483 e. The van der Waals surface area contributed by atoms with Crippen LogP contribution < -0.4 is 21.7 Å². The number of hydrogen-bond acceptors (Lipinski definition) is 4. The van der Waals surface area contributed by atoms with Gasteiger partial charge >= 0.3 is 0 Å². The van der Waals surface area contributed by atoms with Crippen LogP contribution in [0.5, 0.6) is 5.75 Å². The molecule has 96 valence electrons. The standard InChI is InChI=1S/C12H15N3O3/c13-11(16)7-3-5-9-4-1-2-6-10(9)18-8-12(17)15-14/h1-6H,7-8,14H2,(H2,13,16)(H,15,17). The third-order valence-electron chi connectivity index (χ3n) is 2.06. The zero-order valence-electron chi connectivity index (χ0n) is 9.76. The van der Waals surface area contributed by atoms with Gasteiger partial charge in [-0.25, -0.2) is 5.84 Å². The van der Waals surface area contributed by atoms with Crippen LogP contribution in [0, 0.1) is 0 Å². The highest BCUT2D eigenvalue weighted by Crippen LogP contribution is 2.19. The first kappa shape index (κ1) is 13.7. The lowest BCUT2D eigenvalue weighted by Crippen LogP contribution is -2.34. The summed E-state index contributed by atoms with van der Waals surface area (Å²) in [6.07, 6.45) is 3.49. The van der Waals surface area contributed by atoms with Gasteiger partial charge < -0.3 is 10.5 Å². The van der Waals surface area contributed by atoms with E-state index in [1.165, 1.54) is 0 Å². The highest BCUT2D eigenvalue weighted by Gasteiger charge is 2.03. The van der Waals surface area contributed by atoms with E-state index in [4.69, 9.17) is 16.3 Å². The molecule has 0 bridgehead atoms. The second-order valence-electron chi connectivity index (χ2n) is 3.47. The van der Waals surface area contributed by atoms with E-state index in [1.54, 1.807) is 30.4 Å². The fraction of sp³-hybridized carbons (Fsp3) is 0.167. The number of nitrogens with one attached hydrogen (secondary N) is 1. The van der Waals surface area contributed by atoms with Crippen LogP contribution >= 0.6 is 0 Å². The summed E-state index contributed by atoms with van der Waals surface area (Å²) in [5.74, 6) is 4.64. The van der Waals surface area contributed by atoms with E-state index in [-0.39, 0.29) is 13.0 Å². The Kier molecular flexibility index (Phi) is 5.40. The summed E-state index contributed by atoms with van der Waals surface area (Å²) >= 11 is 0. The second-order valence-corrected chi connectivity index (χ2v) is 3.47. The Hall–Kier alpha value is -2.34. The Morgan fingerprint density at radius 3 is 2.72 bits per heavy atom. The SMILES string of the molecule is NNC(=O)COc1ccccc1C=CCC(N)=O. The minimum atomic E-state index is -0.425. The normalized spacial score (nSPS) is 10.3. The first-order chi connectivity index (χ1) is 8.63. The minimum absolute atomic E-state index is 0.150. The van der Waals surface area contributed by atoms with Crippen LogP contribution in [-0.4, -0.2) is 18.4 Å². The first-order valence-electron chi connectivity index (χ1n) is 5.29. The molecule has 6 nitrogen and oxygen atoms in total. The number of nitrogens with two attached hydrogens (primary N) is 2. The Morgan fingerprint density at radius 2 is 2.06 bits per heavy atom. The fourth-order valence-electron chi connectivity index (χ4n) is 1.24. The number of primary amides is 1. The number of carbonyl (C=O) groups excluding carboxylic acids is 2. The van der Waals surface area contributed by atoms with Gasteiger partial charge in [0.1, 0.15) is 5.75 Å². The van der Waals surface area contributed by atoms with E-state index >= 15 is 0 Å². The average molecular weight is 249 g/mol. The molecule has 2 amide bonds. The van der Waals surface area contributed by atoms with Gasteiger partial charge in [-0.2, -0.15) is 0 Å². The van der Waals surface area contributed by atoms with Gasteiger partial charge in [-0.1, -0.05) is 30.4 Å². The third kappa shape index (κ3) is 4.67. The maximum Gasteiger partial charge on any atom is 0.271 e. The predicted molar refractivity (Wildman–Crippen MR) is 67.1 cm³/mol. The maximum absolute atomic E-state index is 11.0. The molecule has 1 aromatic carbocycles. The Balaban J connectivity index is 2.70. The van der Waals surface area contributed by atoms with Crippen molar-refractivity contribution in [2.75, 3.05) is 6.61 Å². The molecular weight excluding hydrogens is 234 g/mol. The van der Waals surface area contributed by atoms with Crippen molar-refractivity contribution in [2.24, 2.45) is 11.6 Å². The Labute approximate surface area is 105 Å². The number of benzene rings is 1. The lowest BCUT2D eigenvalue weighted by molar-refractivity contribution is -0.123. The molecule has 0 saturated carbocycles. The van der Waals surface area contributed by atoms with E-state index in [1.807, 2.05) is 11.5 Å². The highest BCUT2D eigenvalue weighted by molar-refractivity contribution is 5.77. The molecule has 5 N–H and O–H groups in total. The summed E-state index contributed by atoms with van der Waals surface area (Å²) in [5, 5.41) is 0. The third-order valence-corrected chi connectivity index (χ3v) is 2.06. The molecule has 0 fully saturated rings. The molecule has 0 atom stereocenters. The van der Waals surface area contributed by atoms with E-state index < -0.39 is 11.8 Å². The Morgan fingerprint density at radius 1 is 1.33 bits per heavy atom. The number of carbonyl (C=O) groups is 2. The molecule has 0 aliphatic carbocycles. The topological polar surface area (TPSA) is 107 Å². The summed E-state index contributed by atoms with van der Waals surface area (Å²) in [6, 6.07) is 7.11. The summed E-state index contributed by atoms with van der Waals surface area (Å²) in [4.78, 5) is 21.6. The molecule has 6 heteroatoms. The van der Waals surface area contributed by atoms with Crippen LogP contribution in [0.1, 0.15) is 12.0 Å². The van der Waals surface area contributed by atoms with Crippen molar-refractivity contribution in [3.63, 3.8) is 0 Å².